The van der Waals surface area contributed by atoms with Gasteiger partial charge in [-0.3, -0.25) is 0 Å². The van der Waals surface area contributed by atoms with E-state index in [0.29, 0.717) is 18.1 Å². The Morgan fingerprint density at radius 3 is 2.63 bits per heavy atom. The lowest BCUT2D eigenvalue weighted by Crippen LogP contribution is -2.29. The van der Waals surface area contributed by atoms with E-state index in [1.807, 2.05) is 31.2 Å². The molecular formula is C19H21N3O4S. The van der Waals surface area contributed by atoms with Crippen LogP contribution in [0.1, 0.15) is 17.3 Å². The number of nitrogens with zero attached hydrogens (tertiary/aromatic N) is 3. The topological polar surface area (TPSA) is 85.5 Å². The van der Waals surface area contributed by atoms with Gasteiger partial charge in [-0.1, -0.05) is 35.5 Å². The first-order valence-corrected chi connectivity index (χ1v) is 9.91. The normalized spacial score (nSPS) is 11.7. The van der Waals surface area contributed by atoms with E-state index >= 15 is 0 Å². The lowest BCUT2D eigenvalue weighted by molar-refractivity contribution is 0.242. The molecule has 1 aromatic heterocycles. The second-order valence-corrected chi connectivity index (χ2v) is 8.14. The number of aryl methyl sites for hydroxylation is 1. The molecule has 0 aliphatic rings. The van der Waals surface area contributed by atoms with Crippen molar-refractivity contribution in [2.45, 2.75) is 24.8 Å². The molecule has 27 heavy (non-hydrogen) atoms. The average Bonchev–Trinajstić information content (AvgIpc) is 3.13. The summed E-state index contributed by atoms with van der Waals surface area (Å²) in [4.78, 5) is 4.51. The van der Waals surface area contributed by atoms with E-state index in [0.717, 1.165) is 11.3 Å². The molecule has 1 heterocycles. The lowest BCUT2D eigenvalue weighted by Gasteiger charge is -2.16. The summed E-state index contributed by atoms with van der Waals surface area (Å²) in [6.07, 6.45) is 0.344. The van der Waals surface area contributed by atoms with Gasteiger partial charge in [-0.05, 0) is 36.8 Å². The van der Waals surface area contributed by atoms with E-state index in [1.54, 1.807) is 30.3 Å². The molecular weight excluding hydrogens is 366 g/mol. The smallest absolute Gasteiger partial charge is 0.264 e. The average molecular weight is 387 g/mol. The van der Waals surface area contributed by atoms with E-state index in [9.17, 15) is 8.42 Å². The van der Waals surface area contributed by atoms with Crippen LogP contribution in [0.5, 0.6) is 5.75 Å². The van der Waals surface area contributed by atoms with Gasteiger partial charge in [-0.2, -0.15) is 4.98 Å². The highest BCUT2D eigenvalue weighted by Gasteiger charge is 2.20. The zero-order chi connectivity index (χ0) is 19.3. The van der Waals surface area contributed by atoms with Crippen LogP contribution in [-0.2, 0) is 23.1 Å². The molecule has 0 amide bonds. The molecule has 0 radical (unpaired) electrons. The fraction of sp³-hybridized carbons (Fsp3) is 0.263. The van der Waals surface area contributed by atoms with Crippen molar-refractivity contribution in [2.24, 2.45) is 0 Å². The molecule has 0 saturated heterocycles. The van der Waals surface area contributed by atoms with E-state index < -0.39 is 10.0 Å². The summed E-state index contributed by atoms with van der Waals surface area (Å²) < 4.78 is 37.0. The minimum Gasteiger partial charge on any atom is -0.484 e. The number of hydrogen-bond acceptors (Lipinski definition) is 6. The highest BCUT2D eigenvalue weighted by Crippen LogP contribution is 2.15. The van der Waals surface area contributed by atoms with Crippen LogP contribution in [0.3, 0.4) is 0 Å². The van der Waals surface area contributed by atoms with Gasteiger partial charge in [0, 0.05) is 20.0 Å². The third-order valence-electron chi connectivity index (χ3n) is 3.96. The molecule has 8 heteroatoms. The van der Waals surface area contributed by atoms with Gasteiger partial charge in [0.1, 0.15) is 5.75 Å². The van der Waals surface area contributed by atoms with E-state index in [-0.39, 0.29) is 18.0 Å². The van der Waals surface area contributed by atoms with Crippen molar-refractivity contribution in [3.8, 4) is 5.75 Å². The standard InChI is InChI=1S/C19H21N3O4S/c1-15-7-6-8-16(13-15)25-14-19-20-18(21-26-19)11-12-22(2)27(23,24)17-9-4-3-5-10-17/h3-10,13H,11-12,14H2,1-2H3. The van der Waals surface area contributed by atoms with Gasteiger partial charge in [0.05, 0.1) is 4.90 Å². The van der Waals surface area contributed by atoms with Gasteiger partial charge in [0.2, 0.25) is 10.0 Å². The molecule has 2 aromatic carbocycles. The maximum atomic E-state index is 12.5. The van der Waals surface area contributed by atoms with E-state index in [2.05, 4.69) is 10.1 Å². The Balaban J connectivity index is 1.55. The SMILES string of the molecule is Cc1cccc(OCc2nc(CCN(C)S(=O)(=O)c3ccccc3)no2)c1. The summed E-state index contributed by atoms with van der Waals surface area (Å²) in [6.45, 7) is 2.39. The first-order chi connectivity index (χ1) is 12.9. The number of benzene rings is 2. The summed E-state index contributed by atoms with van der Waals surface area (Å²) in [6, 6.07) is 16.0. The maximum absolute atomic E-state index is 12.5. The fourth-order valence-corrected chi connectivity index (χ4v) is 3.64. The summed E-state index contributed by atoms with van der Waals surface area (Å²) in [5, 5.41) is 3.89. The van der Waals surface area contributed by atoms with Crippen LogP contribution in [0.4, 0.5) is 0 Å². The Hall–Kier alpha value is -2.71. The van der Waals surface area contributed by atoms with Gasteiger partial charge >= 0.3 is 0 Å². The van der Waals surface area contributed by atoms with E-state index in [1.165, 1.54) is 11.4 Å². The molecule has 0 aliphatic heterocycles. The van der Waals surface area contributed by atoms with Gasteiger partial charge in [-0.15, -0.1) is 0 Å². The molecule has 0 aliphatic carbocycles. The predicted octanol–water partition coefficient (Wildman–Crippen LogP) is 2.82. The molecule has 0 atom stereocenters. The summed E-state index contributed by atoms with van der Waals surface area (Å²) in [5.41, 5.74) is 1.10. The number of rotatable bonds is 8. The highest BCUT2D eigenvalue weighted by atomic mass is 32.2. The van der Waals surface area contributed by atoms with Crippen molar-refractivity contribution in [3.63, 3.8) is 0 Å². The number of sulfonamides is 1. The Kier molecular flexibility index (Phi) is 5.88. The molecule has 142 valence electrons. The first kappa shape index (κ1) is 19.1. The summed E-state index contributed by atoms with van der Waals surface area (Å²) in [5.74, 6) is 1.51. The Bertz CT molecular complexity index is 987. The van der Waals surface area contributed by atoms with Crippen LogP contribution in [0.25, 0.3) is 0 Å². The van der Waals surface area contributed by atoms with Crippen LogP contribution in [0.2, 0.25) is 0 Å². The van der Waals surface area contributed by atoms with Crippen LogP contribution in [-0.4, -0.2) is 36.5 Å². The van der Waals surface area contributed by atoms with Crippen molar-refractivity contribution >= 4 is 10.0 Å². The fourth-order valence-electron chi connectivity index (χ4n) is 2.45. The quantitative estimate of drug-likeness (QED) is 0.591. The van der Waals surface area contributed by atoms with Gasteiger partial charge in [0.15, 0.2) is 12.4 Å². The molecule has 3 aromatic rings. The number of aromatic nitrogens is 2. The first-order valence-electron chi connectivity index (χ1n) is 8.47. The van der Waals surface area contributed by atoms with Gasteiger partial charge < -0.3 is 9.26 Å². The molecule has 0 saturated carbocycles. The zero-order valence-corrected chi connectivity index (χ0v) is 16.0. The summed E-state index contributed by atoms with van der Waals surface area (Å²) >= 11 is 0. The molecule has 0 bridgehead atoms. The number of likely N-dealkylation sites (N-methyl/N-ethyl adjacent to an activating group) is 1. The lowest BCUT2D eigenvalue weighted by atomic mass is 10.2. The molecule has 0 N–H and O–H groups in total. The van der Waals surface area contributed by atoms with E-state index in [4.69, 9.17) is 9.26 Å². The third kappa shape index (κ3) is 4.93. The monoisotopic (exact) mass is 387 g/mol. The summed E-state index contributed by atoms with van der Waals surface area (Å²) in [7, 11) is -2.00. The maximum Gasteiger partial charge on any atom is 0.264 e. The molecule has 3 rings (SSSR count). The van der Waals surface area contributed by atoms with Crippen molar-refractivity contribution in [1.29, 1.82) is 0 Å². The van der Waals surface area contributed by atoms with Crippen LogP contribution in [0.15, 0.2) is 64.0 Å². The minimum absolute atomic E-state index is 0.161. The second kappa shape index (κ2) is 8.32. The molecule has 0 fully saturated rings. The number of ether oxygens (including phenoxy) is 1. The van der Waals surface area contributed by atoms with Crippen LogP contribution >= 0.6 is 0 Å². The zero-order valence-electron chi connectivity index (χ0n) is 15.2. The highest BCUT2D eigenvalue weighted by molar-refractivity contribution is 7.89. The Labute approximate surface area is 158 Å². The molecule has 0 spiro atoms. The Morgan fingerprint density at radius 2 is 1.89 bits per heavy atom. The number of hydrogen-bond donors (Lipinski definition) is 0. The third-order valence-corrected chi connectivity index (χ3v) is 5.83. The van der Waals surface area contributed by atoms with Gasteiger partial charge in [-0.25, -0.2) is 12.7 Å². The Morgan fingerprint density at radius 1 is 1.11 bits per heavy atom. The van der Waals surface area contributed by atoms with Crippen molar-refractivity contribution in [1.82, 2.24) is 14.4 Å². The van der Waals surface area contributed by atoms with Crippen LogP contribution < -0.4 is 4.74 Å². The van der Waals surface area contributed by atoms with Crippen molar-refractivity contribution in [2.75, 3.05) is 13.6 Å². The molecule has 7 nitrogen and oxygen atoms in total. The van der Waals surface area contributed by atoms with Crippen molar-refractivity contribution in [3.05, 3.63) is 71.9 Å². The second-order valence-electron chi connectivity index (χ2n) is 6.10. The van der Waals surface area contributed by atoms with Gasteiger partial charge in [0.25, 0.3) is 5.89 Å². The molecule has 0 unspecified atom stereocenters. The van der Waals surface area contributed by atoms with Crippen molar-refractivity contribution < 1.29 is 17.7 Å². The predicted molar refractivity (Wildman–Crippen MR) is 99.8 cm³/mol. The minimum atomic E-state index is -3.53. The van der Waals surface area contributed by atoms with Crippen LogP contribution in [0, 0.1) is 6.92 Å². The largest absolute Gasteiger partial charge is 0.484 e.